The quantitative estimate of drug-likeness (QED) is 0.860. The molecule has 19 heavy (non-hydrogen) atoms. The van der Waals surface area contributed by atoms with E-state index >= 15 is 0 Å². The Morgan fingerprint density at radius 2 is 1.79 bits per heavy atom. The molecular formula is C15H21F2NO. The predicted molar refractivity (Wildman–Crippen MR) is 70.8 cm³/mol. The summed E-state index contributed by atoms with van der Waals surface area (Å²) in [5, 5.41) is 13.0. The van der Waals surface area contributed by atoms with Gasteiger partial charge in [0.2, 0.25) is 0 Å². The SMILES string of the molecule is OC(CNCC1CCCCC1)c1c(F)cccc1F. The molecule has 1 aliphatic rings. The molecule has 0 aromatic heterocycles. The highest BCUT2D eigenvalue weighted by molar-refractivity contribution is 5.22. The number of aliphatic hydroxyl groups excluding tert-OH is 1. The third kappa shape index (κ3) is 3.98. The van der Waals surface area contributed by atoms with Gasteiger partial charge in [0.25, 0.3) is 0 Å². The van der Waals surface area contributed by atoms with Gasteiger partial charge in [0.1, 0.15) is 11.6 Å². The van der Waals surface area contributed by atoms with E-state index in [-0.39, 0.29) is 12.1 Å². The van der Waals surface area contributed by atoms with E-state index < -0.39 is 17.7 Å². The van der Waals surface area contributed by atoms with Crippen LogP contribution in [0.25, 0.3) is 0 Å². The van der Waals surface area contributed by atoms with Crippen LogP contribution in [0.15, 0.2) is 18.2 Å². The van der Waals surface area contributed by atoms with Crippen LogP contribution in [0.1, 0.15) is 43.8 Å². The summed E-state index contributed by atoms with van der Waals surface area (Å²) in [5.41, 5.74) is -0.237. The molecule has 1 unspecified atom stereocenters. The smallest absolute Gasteiger partial charge is 0.131 e. The molecule has 1 aromatic carbocycles. The summed E-state index contributed by atoms with van der Waals surface area (Å²) >= 11 is 0. The summed E-state index contributed by atoms with van der Waals surface area (Å²) in [6.07, 6.45) is 5.10. The zero-order valence-corrected chi connectivity index (χ0v) is 11.0. The summed E-state index contributed by atoms with van der Waals surface area (Å²) in [6, 6.07) is 3.64. The Bertz CT molecular complexity index is 385. The number of rotatable bonds is 5. The molecule has 0 heterocycles. The molecule has 0 radical (unpaired) electrons. The molecule has 1 saturated carbocycles. The normalized spacial score (nSPS) is 18.5. The van der Waals surface area contributed by atoms with Gasteiger partial charge < -0.3 is 10.4 Å². The van der Waals surface area contributed by atoms with Crippen LogP contribution in [0.2, 0.25) is 0 Å². The van der Waals surface area contributed by atoms with Crippen molar-refractivity contribution in [2.75, 3.05) is 13.1 Å². The number of benzene rings is 1. The highest BCUT2D eigenvalue weighted by atomic mass is 19.1. The number of halogens is 2. The molecule has 1 aliphatic carbocycles. The Balaban J connectivity index is 1.82. The van der Waals surface area contributed by atoms with E-state index in [1.165, 1.54) is 50.3 Å². The van der Waals surface area contributed by atoms with Gasteiger partial charge in [-0.2, -0.15) is 0 Å². The van der Waals surface area contributed by atoms with Crippen molar-refractivity contribution in [3.8, 4) is 0 Å². The van der Waals surface area contributed by atoms with Crippen molar-refractivity contribution in [3.05, 3.63) is 35.4 Å². The van der Waals surface area contributed by atoms with E-state index in [0.29, 0.717) is 5.92 Å². The largest absolute Gasteiger partial charge is 0.387 e. The molecule has 0 bridgehead atoms. The van der Waals surface area contributed by atoms with Crippen molar-refractivity contribution in [3.63, 3.8) is 0 Å². The fourth-order valence-electron chi connectivity index (χ4n) is 2.75. The van der Waals surface area contributed by atoms with Crippen LogP contribution in [0, 0.1) is 17.6 Å². The highest BCUT2D eigenvalue weighted by Crippen LogP contribution is 2.23. The van der Waals surface area contributed by atoms with Gasteiger partial charge in [-0.05, 0) is 37.4 Å². The van der Waals surface area contributed by atoms with Crippen molar-refractivity contribution in [2.24, 2.45) is 5.92 Å². The fourth-order valence-corrected chi connectivity index (χ4v) is 2.75. The van der Waals surface area contributed by atoms with Gasteiger partial charge in [0.15, 0.2) is 0 Å². The van der Waals surface area contributed by atoms with Gasteiger partial charge in [-0.3, -0.25) is 0 Å². The van der Waals surface area contributed by atoms with Gasteiger partial charge in [-0.1, -0.05) is 25.3 Å². The maximum absolute atomic E-state index is 13.5. The fraction of sp³-hybridized carbons (Fsp3) is 0.600. The molecule has 2 rings (SSSR count). The second-order valence-electron chi connectivity index (χ2n) is 5.31. The van der Waals surface area contributed by atoms with Crippen molar-refractivity contribution >= 4 is 0 Å². The third-order valence-corrected chi connectivity index (χ3v) is 3.83. The molecular weight excluding hydrogens is 248 g/mol. The minimum atomic E-state index is -1.13. The first-order valence-corrected chi connectivity index (χ1v) is 7.01. The zero-order valence-electron chi connectivity index (χ0n) is 11.0. The van der Waals surface area contributed by atoms with Crippen LogP contribution in [0.4, 0.5) is 8.78 Å². The second kappa shape index (κ2) is 6.96. The molecule has 106 valence electrons. The molecule has 1 fully saturated rings. The number of aliphatic hydroxyl groups is 1. The van der Waals surface area contributed by atoms with Crippen LogP contribution in [0.5, 0.6) is 0 Å². The average Bonchev–Trinajstić information content (AvgIpc) is 2.40. The molecule has 2 N–H and O–H groups in total. The highest BCUT2D eigenvalue weighted by Gasteiger charge is 2.18. The Morgan fingerprint density at radius 1 is 1.16 bits per heavy atom. The lowest BCUT2D eigenvalue weighted by atomic mass is 9.89. The first kappa shape index (κ1) is 14.4. The topological polar surface area (TPSA) is 32.3 Å². The molecule has 0 amide bonds. The van der Waals surface area contributed by atoms with Gasteiger partial charge >= 0.3 is 0 Å². The number of hydrogen-bond acceptors (Lipinski definition) is 2. The first-order valence-electron chi connectivity index (χ1n) is 7.01. The van der Waals surface area contributed by atoms with E-state index in [9.17, 15) is 13.9 Å². The summed E-state index contributed by atoms with van der Waals surface area (Å²) in [5.74, 6) is -0.745. The monoisotopic (exact) mass is 269 g/mol. The summed E-state index contributed by atoms with van der Waals surface area (Å²) < 4.78 is 26.9. The van der Waals surface area contributed by atoms with Crippen molar-refractivity contribution in [1.82, 2.24) is 5.32 Å². The van der Waals surface area contributed by atoms with E-state index in [0.717, 1.165) is 6.54 Å². The van der Waals surface area contributed by atoms with E-state index in [1.807, 2.05) is 0 Å². The van der Waals surface area contributed by atoms with E-state index in [1.54, 1.807) is 0 Å². The van der Waals surface area contributed by atoms with Gasteiger partial charge in [-0.15, -0.1) is 0 Å². The van der Waals surface area contributed by atoms with Crippen LogP contribution in [-0.2, 0) is 0 Å². The zero-order chi connectivity index (χ0) is 13.7. The maximum atomic E-state index is 13.5. The molecule has 0 spiro atoms. The van der Waals surface area contributed by atoms with Crippen molar-refractivity contribution in [1.29, 1.82) is 0 Å². The summed E-state index contributed by atoms with van der Waals surface area (Å²) in [4.78, 5) is 0. The minimum absolute atomic E-state index is 0.189. The molecule has 1 atom stereocenters. The second-order valence-corrected chi connectivity index (χ2v) is 5.31. The van der Waals surface area contributed by atoms with Gasteiger partial charge in [0, 0.05) is 6.54 Å². The molecule has 1 aromatic rings. The Hall–Kier alpha value is -1.00. The summed E-state index contributed by atoms with van der Waals surface area (Å²) in [6.45, 7) is 1.00. The van der Waals surface area contributed by atoms with Crippen LogP contribution in [-0.4, -0.2) is 18.2 Å². The predicted octanol–water partition coefficient (Wildman–Crippen LogP) is 3.17. The lowest BCUT2D eigenvalue weighted by molar-refractivity contribution is 0.161. The lowest BCUT2D eigenvalue weighted by Crippen LogP contribution is -2.29. The van der Waals surface area contributed by atoms with Crippen molar-refractivity contribution in [2.45, 2.75) is 38.2 Å². The lowest BCUT2D eigenvalue weighted by Gasteiger charge is -2.22. The number of hydrogen-bond donors (Lipinski definition) is 2. The summed E-state index contributed by atoms with van der Waals surface area (Å²) in [7, 11) is 0. The Morgan fingerprint density at radius 3 is 2.42 bits per heavy atom. The van der Waals surface area contributed by atoms with Crippen LogP contribution >= 0.6 is 0 Å². The van der Waals surface area contributed by atoms with Gasteiger partial charge in [-0.25, -0.2) is 8.78 Å². The van der Waals surface area contributed by atoms with Gasteiger partial charge in [0.05, 0.1) is 11.7 Å². The molecule has 2 nitrogen and oxygen atoms in total. The van der Waals surface area contributed by atoms with E-state index in [4.69, 9.17) is 0 Å². The van der Waals surface area contributed by atoms with E-state index in [2.05, 4.69) is 5.32 Å². The van der Waals surface area contributed by atoms with Crippen LogP contribution < -0.4 is 5.32 Å². The third-order valence-electron chi connectivity index (χ3n) is 3.83. The van der Waals surface area contributed by atoms with Crippen molar-refractivity contribution < 1.29 is 13.9 Å². The first-order chi connectivity index (χ1) is 9.18. The molecule has 0 aliphatic heterocycles. The van der Waals surface area contributed by atoms with Crippen LogP contribution in [0.3, 0.4) is 0 Å². The maximum Gasteiger partial charge on any atom is 0.131 e. The average molecular weight is 269 g/mol. The number of nitrogens with one attached hydrogen (secondary N) is 1. The Labute approximate surface area is 112 Å². The molecule has 4 heteroatoms. The molecule has 0 saturated heterocycles. The standard InChI is InChI=1S/C15H21F2NO/c16-12-7-4-8-13(17)15(12)14(19)10-18-9-11-5-2-1-3-6-11/h4,7-8,11,14,18-19H,1-3,5-6,9-10H2. The Kier molecular flexibility index (Phi) is 5.28. The minimum Gasteiger partial charge on any atom is -0.387 e.